The Balaban J connectivity index is 1.51. The van der Waals surface area contributed by atoms with Gasteiger partial charge in [0.05, 0.1) is 22.4 Å². The van der Waals surface area contributed by atoms with Crippen LogP contribution in [0.25, 0.3) is 0 Å². The molecule has 3 aromatic rings. The molecule has 4 rings (SSSR count). The van der Waals surface area contributed by atoms with Crippen molar-refractivity contribution < 1.29 is 22.7 Å². The molecule has 0 saturated carbocycles. The normalized spacial score (nSPS) is 15.4. The van der Waals surface area contributed by atoms with Crippen LogP contribution in [0.4, 0.5) is 11.4 Å². The van der Waals surface area contributed by atoms with Gasteiger partial charge in [0.25, 0.3) is 21.8 Å². The zero-order valence-corrected chi connectivity index (χ0v) is 20.2. The second-order valence-corrected chi connectivity index (χ2v) is 10.0. The lowest BCUT2D eigenvalue weighted by atomic mass is 10.1. The lowest BCUT2D eigenvalue weighted by molar-refractivity contribution is 0.0858. The first-order valence-corrected chi connectivity index (χ1v) is 12.9. The van der Waals surface area contributed by atoms with Crippen molar-refractivity contribution in [1.29, 1.82) is 0 Å². The van der Waals surface area contributed by atoms with Gasteiger partial charge in [0.15, 0.2) is 0 Å². The van der Waals surface area contributed by atoms with Gasteiger partial charge < -0.3 is 15.4 Å². The molecule has 10 heteroatoms. The number of para-hydroxylation sites is 2. The summed E-state index contributed by atoms with van der Waals surface area (Å²) < 4.78 is 33.8. The van der Waals surface area contributed by atoms with Crippen LogP contribution in [0.2, 0.25) is 5.02 Å². The first kappa shape index (κ1) is 24.7. The van der Waals surface area contributed by atoms with E-state index in [1.54, 1.807) is 54.6 Å². The molecule has 8 nitrogen and oxygen atoms in total. The summed E-state index contributed by atoms with van der Waals surface area (Å²) in [6.45, 7) is 1.07. The molecule has 0 spiro atoms. The molecular formula is C25H24ClN3O5S. The molecule has 182 valence electrons. The topological polar surface area (TPSA) is 114 Å². The van der Waals surface area contributed by atoms with Crippen LogP contribution in [0.1, 0.15) is 33.6 Å². The van der Waals surface area contributed by atoms with E-state index in [2.05, 4.69) is 15.4 Å². The molecule has 1 saturated heterocycles. The third-order valence-electron chi connectivity index (χ3n) is 5.44. The van der Waals surface area contributed by atoms with Gasteiger partial charge in [-0.15, -0.1) is 0 Å². The number of amides is 2. The van der Waals surface area contributed by atoms with Gasteiger partial charge in [-0.1, -0.05) is 41.9 Å². The maximum Gasteiger partial charge on any atom is 0.263 e. The van der Waals surface area contributed by atoms with Gasteiger partial charge in [0, 0.05) is 24.4 Å². The average molecular weight is 514 g/mol. The van der Waals surface area contributed by atoms with Crippen molar-refractivity contribution in [3.05, 3.63) is 88.9 Å². The number of carbonyl (C=O) groups is 2. The molecule has 1 aliphatic rings. The van der Waals surface area contributed by atoms with E-state index in [9.17, 15) is 18.0 Å². The smallest absolute Gasteiger partial charge is 0.263 e. The second kappa shape index (κ2) is 10.9. The maximum absolute atomic E-state index is 13.0. The summed E-state index contributed by atoms with van der Waals surface area (Å²) in [6, 6.07) is 18.9. The Labute approximate surface area is 208 Å². The van der Waals surface area contributed by atoms with Crippen molar-refractivity contribution in [3.63, 3.8) is 0 Å². The number of hydrogen-bond donors (Lipinski definition) is 3. The molecule has 1 aliphatic heterocycles. The second-order valence-electron chi connectivity index (χ2n) is 7.96. The number of ether oxygens (including phenoxy) is 1. The predicted molar refractivity (Wildman–Crippen MR) is 134 cm³/mol. The fourth-order valence-corrected chi connectivity index (χ4v) is 5.24. The van der Waals surface area contributed by atoms with Crippen LogP contribution in [0.15, 0.2) is 77.7 Å². The van der Waals surface area contributed by atoms with Crippen LogP contribution in [-0.2, 0) is 14.8 Å². The maximum atomic E-state index is 13.0. The zero-order chi connectivity index (χ0) is 24.8. The molecule has 0 radical (unpaired) electrons. The van der Waals surface area contributed by atoms with E-state index in [0.29, 0.717) is 24.5 Å². The van der Waals surface area contributed by atoms with Gasteiger partial charge in [-0.05, 0) is 55.3 Å². The van der Waals surface area contributed by atoms with Gasteiger partial charge in [0.2, 0.25) is 0 Å². The number of nitrogens with one attached hydrogen (secondary N) is 3. The lowest BCUT2D eigenvalue weighted by Crippen LogP contribution is -2.32. The summed E-state index contributed by atoms with van der Waals surface area (Å²) in [5.41, 5.74) is 1.01. The Morgan fingerprint density at radius 3 is 2.46 bits per heavy atom. The number of anilines is 2. The molecule has 35 heavy (non-hydrogen) atoms. The van der Waals surface area contributed by atoms with Crippen molar-refractivity contribution >= 4 is 44.8 Å². The third kappa shape index (κ3) is 6.19. The van der Waals surface area contributed by atoms with Gasteiger partial charge in [-0.3, -0.25) is 14.3 Å². The number of rotatable bonds is 8. The van der Waals surface area contributed by atoms with Gasteiger partial charge in [-0.2, -0.15) is 0 Å². The van der Waals surface area contributed by atoms with Crippen molar-refractivity contribution in [3.8, 4) is 0 Å². The van der Waals surface area contributed by atoms with E-state index in [1.807, 2.05) is 0 Å². The van der Waals surface area contributed by atoms with Gasteiger partial charge in [0.1, 0.15) is 4.90 Å². The largest absolute Gasteiger partial charge is 0.376 e. The van der Waals surface area contributed by atoms with Crippen LogP contribution in [0, 0.1) is 0 Å². The average Bonchev–Trinajstić information content (AvgIpc) is 3.37. The molecule has 2 amide bonds. The highest BCUT2D eigenvalue weighted by Gasteiger charge is 2.22. The Kier molecular flexibility index (Phi) is 7.70. The summed E-state index contributed by atoms with van der Waals surface area (Å²) >= 11 is 6.15. The van der Waals surface area contributed by atoms with Crippen molar-refractivity contribution in [1.82, 2.24) is 5.32 Å². The molecule has 0 bridgehead atoms. The summed E-state index contributed by atoms with van der Waals surface area (Å²) in [6.07, 6.45) is 1.84. The van der Waals surface area contributed by atoms with Crippen molar-refractivity contribution in [2.24, 2.45) is 0 Å². The minimum Gasteiger partial charge on any atom is -0.376 e. The fourth-order valence-electron chi connectivity index (χ4n) is 3.66. The third-order valence-corrected chi connectivity index (χ3v) is 7.31. The lowest BCUT2D eigenvalue weighted by Gasteiger charge is -2.14. The highest BCUT2D eigenvalue weighted by molar-refractivity contribution is 7.92. The monoisotopic (exact) mass is 513 g/mol. The van der Waals surface area contributed by atoms with Crippen LogP contribution in [0.3, 0.4) is 0 Å². The van der Waals surface area contributed by atoms with E-state index in [0.717, 1.165) is 12.8 Å². The number of halogens is 1. The summed E-state index contributed by atoms with van der Waals surface area (Å²) in [5, 5.41) is 5.50. The Morgan fingerprint density at radius 2 is 1.71 bits per heavy atom. The standard InChI is InChI=1S/C25H24ClN3O5S/c26-21-13-12-17(15-23(21)35(32,33)29-18-7-2-1-3-8-18)24(30)28-22-11-5-4-10-20(22)25(31)27-16-19-9-6-14-34-19/h1-5,7-8,10-13,15,19,29H,6,9,14,16H2,(H,27,31)(H,28,30)/t19-/m0/s1. The molecular weight excluding hydrogens is 490 g/mol. The molecule has 1 heterocycles. The molecule has 0 aliphatic carbocycles. The molecule has 0 aromatic heterocycles. The highest BCUT2D eigenvalue weighted by atomic mass is 35.5. The summed E-state index contributed by atoms with van der Waals surface area (Å²) in [4.78, 5) is 25.5. The fraction of sp³-hybridized carbons (Fsp3) is 0.200. The first-order chi connectivity index (χ1) is 16.8. The first-order valence-electron chi connectivity index (χ1n) is 11.0. The van der Waals surface area contributed by atoms with E-state index in [4.69, 9.17) is 16.3 Å². The summed E-state index contributed by atoms with van der Waals surface area (Å²) in [5.74, 6) is -0.931. The summed E-state index contributed by atoms with van der Waals surface area (Å²) in [7, 11) is -4.05. The molecule has 1 fully saturated rings. The quantitative estimate of drug-likeness (QED) is 0.415. The molecule has 3 N–H and O–H groups in total. The number of sulfonamides is 1. The van der Waals surface area contributed by atoms with Gasteiger partial charge >= 0.3 is 0 Å². The van der Waals surface area contributed by atoms with Crippen LogP contribution < -0.4 is 15.4 Å². The van der Waals surface area contributed by atoms with Crippen molar-refractivity contribution in [2.45, 2.75) is 23.8 Å². The molecule has 3 aromatic carbocycles. The number of hydrogen-bond acceptors (Lipinski definition) is 5. The van der Waals surface area contributed by atoms with E-state index in [1.165, 1.54) is 18.2 Å². The van der Waals surface area contributed by atoms with E-state index < -0.39 is 15.9 Å². The van der Waals surface area contributed by atoms with Crippen molar-refractivity contribution in [2.75, 3.05) is 23.2 Å². The van der Waals surface area contributed by atoms with Crippen LogP contribution in [-0.4, -0.2) is 39.5 Å². The molecule has 0 unspecified atom stereocenters. The van der Waals surface area contributed by atoms with Crippen LogP contribution in [0.5, 0.6) is 0 Å². The van der Waals surface area contributed by atoms with Gasteiger partial charge in [-0.25, -0.2) is 8.42 Å². The Morgan fingerprint density at radius 1 is 0.971 bits per heavy atom. The minimum atomic E-state index is -4.05. The Bertz CT molecular complexity index is 1330. The zero-order valence-electron chi connectivity index (χ0n) is 18.7. The van der Waals surface area contributed by atoms with Crippen LogP contribution >= 0.6 is 11.6 Å². The van der Waals surface area contributed by atoms with E-state index in [-0.39, 0.29) is 33.1 Å². The predicted octanol–water partition coefficient (Wildman–Crippen LogP) is 4.30. The number of carbonyl (C=O) groups excluding carboxylic acids is 2. The number of benzene rings is 3. The minimum absolute atomic E-state index is 0.0142. The van der Waals surface area contributed by atoms with E-state index >= 15 is 0 Å². The highest BCUT2D eigenvalue weighted by Crippen LogP contribution is 2.26. The molecule has 1 atom stereocenters. The Hall–Kier alpha value is -3.40. The SMILES string of the molecule is O=C(Nc1ccccc1C(=O)NC[C@@H]1CCCO1)c1ccc(Cl)c(S(=O)(=O)Nc2ccccc2)c1.